The summed E-state index contributed by atoms with van der Waals surface area (Å²) in [7, 11) is 1.76. The maximum atomic E-state index is 11.7. The molecule has 23 heavy (non-hydrogen) atoms. The summed E-state index contributed by atoms with van der Waals surface area (Å²) in [5.41, 5.74) is 1.57. The number of para-hydroxylation sites is 1. The van der Waals surface area contributed by atoms with Crippen LogP contribution in [0, 0.1) is 0 Å². The van der Waals surface area contributed by atoms with Gasteiger partial charge in [0.25, 0.3) is 0 Å². The van der Waals surface area contributed by atoms with E-state index in [0.717, 1.165) is 18.8 Å². The van der Waals surface area contributed by atoms with Crippen molar-refractivity contribution < 1.29 is 9.90 Å². The predicted molar refractivity (Wildman–Crippen MR) is 88.8 cm³/mol. The van der Waals surface area contributed by atoms with Gasteiger partial charge in [-0.15, -0.1) is 0 Å². The fourth-order valence-corrected chi connectivity index (χ4v) is 3.14. The first kappa shape index (κ1) is 15.8. The van der Waals surface area contributed by atoms with Crippen LogP contribution in [0.15, 0.2) is 36.7 Å². The van der Waals surface area contributed by atoms with Crippen molar-refractivity contribution in [3.05, 3.63) is 47.5 Å². The first-order valence-corrected chi connectivity index (χ1v) is 7.89. The molecule has 0 saturated carbocycles. The molecule has 1 fully saturated rings. The molecule has 1 atom stereocenters. The number of halogens is 1. The number of hydrogen-bond acceptors (Lipinski definition) is 4. The molecular formula is C16H19ClN4O2. The van der Waals surface area contributed by atoms with E-state index in [1.807, 2.05) is 23.1 Å². The number of aromatic nitrogens is 2. The molecule has 2 aromatic rings. The van der Waals surface area contributed by atoms with E-state index in [1.165, 1.54) is 0 Å². The molecule has 0 aliphatic carbocycles. The summed E-state index contributed by atoms with van der Waals surface area (Å²) in [5, 5.41) is 10.0. The second kappa shape index (κ2) is 6.60. The molecule has 1 aliphatic heterocycles. The largest absolute Gasteiger partial charge is 0.480 e. The zero-order chi connectivity index (χ0) is 16.4. The molecule has 7 heteroatoms. The number of benzene rings is 1. The second-order valence-electron chi connectivity index (χ2n) is 5.63. The summed E-state index contributed by atoms with van der Waals surface area (Å²) in [6.07, 6.45) is 1.55. The average Bonchev–Trinajstić information content (AvgIpc) is 2.89. The zero-order valence-corrected chi connectivity index (χ0v) is 13.6. The highest BCUT2D eigenvalue weighted by Gasteiger charge is 2.33. The summed E-state index contributed by atoms with van der Waals surface area (Å²) in [6.45, 7) is 2.86. The van der Waals surface area contributed by atoms with Crippen LogP contribution in [0.25, 0.3) is 0 Å². The lowest BCUT2D eigenvalue weighted by Gasteiger charge is -2.38. The van der Waals surface area contributed by atoms with Crippen LogP contribution in [-0.2, 0) is 11.8 Å². The van der Waals surface area contributed by atoms with Gasteiger partial charge < -0.3 is 14.6 Å². The minimum absolute atomic E-state index is 0.378. The molecule has 122 valence electrons. The van der Waals surface area contributed by atoms with Crippen LogP contribution in [-0.4, -0.2) is 51.7 Å². The summed E-state index contributed by atoms with van der Waals surface area (Å²) in [5.74, 6) is -0.918. The Hall–Kier alpha value is -2.05. The van der Waals surface area contributed by atoms with Gasteiger partial charge in [0.1, 0.15) is 10.8 Å². The molecule has 1 N–H and O–H groups in total. The smallest absolute Gasteiger partial charge is 0.327 e. The third-order valence-corrected chi connectivity index (χ3v) is 4.64. The molecule has 1 aromatic heterocycles. The number of carboxylic acid groups (broad SMARTS) is 1. The van der Waals surface area contributed by atoms with E-state index in [4.69, 9.17) is 11.6 Å². The number of aliphatic carboxylic acids is 1. The van der Waals surface area contributed by atoms with E-state index in [-0.39, 0.29) is 0 Å². The highest BCUT2D eigenvalue weighted by molar-refractivity contribution is 6.30. The van der Waals surface area contributed by atoms with Crippen molar-refractivity contribution in [2.24, 2.45) is 7.05 Å². The van der Waals surface area contributed by atoms with Gasteiger partial charge in [0, 0.05) is 38.9 Å². The normalized spacial score (nSPS) is 17.2. The number of aryl methyl sites for hydroxylation is 1. The van der Waals surface area contributed by atoms with Crippen molar-refractivity contribution in [3.63, 3.8) is 0 Å². The monoisotopic (exact) mass is 334 g/mol. The molecule has 6 nitrogen and oxygen atoms in total. The Morgan fingerprint density at radius 2 is 1.87 bits per heavy atom. The number of carboxylic acids is 1. The van der Waals surface area contributed by atoms with Crippen molar-refractivity contribution in [2.45, 2.75) is 6.04 Å². The van der Waals surface area contributed by atoms with Crippen molar-refractivity contribution in [2.75, 3.05) is 31.1 Å². The Morgan fingerprint density at radius 1 is 1.22 bits per heavy atom. The van der Waals surface area contributed by atoms with Crippen LogP contribution in [0.3, 0.4) is 0 Å². The van der Waals surface area contributed by atoms with Crippen LogP contribution in [0.1, 0.15) is 11.7 Å². The van der Waals surface area contributed by atoms with Crippen molar-refractivity contribution in [1.82, 2.24) is 14.5 Å². The van der Waals surface area contributed by atoms with Gasteiger partial charge in [-0.25, -0.2) is 4.98 Å². The zero-order valence-electron chi connectivity index (χ0n) is 12.9. The van der Waals surface area contributed by atoms with Crippen LogP contribution in [0.4, 0.5) is 5.69 Å². The third kappa shape index (κ3) is 3.18. The highest BCUT2D eigenvalue weighted by atomic mass is 35.5. The summed E-state index contributed by atoms with van der Waals surface area (Å²) in [6, 6.07) is 9.34. The van der Waals surface area contributed by atoms with Gasteiger partial charge in [0.2, 0.25) is 0 Å². The summed E-state index contributed by atoms with van der Waals surface area (Å²) >= 11 is 6.19. The molecule has 3 rings (SSSR count). The summed E-state index contributed by atoms with van der Waals surface area (Å²) < 4.78 is 1.63. The van der Waals surface area contributed by atoms with Crippen molar-refractivity contribution in [1.29, 1.82) is 0 Å². The van der Waals surface area contributed by atoms with Crippen LogP contribution in [0.5, 0.6) is 0 Å². The third-order valence-electron chi connectivity index (χ3n) is 4.18. The fourth-order valence-electron chi connectivity index (χ4n) is 2.94. The maximum Gasteiger partial charge on any atom is 0.327 e. The molecular weight excluding hydrogens is 316 g/mol. The minimum atomic E-state index is -0.918. The lowest BCUT2D eigenvalue weighted by atomic mass is 10.1. The van der Waals surface area contributed by atoms with E-state index in [0.29, 0.717) is 23.9 Å². The fraction of sp³-hybridized carbons (Fsp3) is 0.375. The Balaban J connectivity index is 1.74. The van der Waals surface area contributed by atoms with Gasteiger partial charge in [-0.05, 0) is 12.1 Å². The van der Waals surface area contributed by atoms with E-state index in [9.17, 15) is 9.90 Å². The van der Waals surface area contributed by atoms with Gasteiger partial charge in [-0.3, -0.25) is 9.69 Å². The molecule has 1 aromatic carbocycles. The molecule has 0 bridgehead atoms. The molecule has 0 amide bonds. The van der Waals surface area contributed by atoms with Gasteiger partial charge in [0.15, 0.2) is 6.04 Å². The second-order valence-corrected chi connectivity index (χ2v) is 5.99. The Labute approximate surface area is 139 Å². The Kier molecular flexibility index (Phi) is 4.54. The van der Waals surface area contributed by atoms with Gasteiger partial charge in [0.05, 0.1) is 6.33 Å². The number of piperazine rings is 1. The standard InChI is InChI=1S/C16H19ClN4O2/c1-19-11-18-13(15(19)17)14(16(22)23)21-9-7-20(8-10-21)12-5-3-2-4-6-12/h2-6,11,14H,7-10H2,1H3,(H,22,23). The number of nitrogens with zero attached hydrogens (tertiary/aromatic N) is 4. The minimum Gasteiger partial charge on any atom is -0.480 e. The van der Waals surface area contributed by atoms with Crippen molar-refractivity contribution >= 4 is 23.3 Å². The molecule has 0 radical (unpaired) electrons. The number of anilines is 1. The first-order valence-electron chi connectivity index (χ1n) is 7.51. The number of carbonyl (C=O) groups is 1. The molecule has 2 heterocycles. The SMILES string of the molecule is Cn1cnc(C(C(=O)O)N2CCN(c3ccccc3)CC2)c1Cl. The molecule has 1 saturated heterocycles. The topological polar surface area (TPSA) is 61.6 Å². The van der Waals surface area contributed by atoms with E-state index >= 15 is 0 Å². The first-order chi connectivity index (χ1) is 11.1. The van der Waals surface area contributed by atoms with Gasteiger partial charge >= 0.3 is 5.97 Å². The van der Waals surface area contributed by atoms with Crippen LogP contribution < -0.4 is 4.90 Å². The van der Waals surface area contributed by atoms with Gasteiger partial charge in [-0.1, -0.05) is 29.8 Å². The molecule has 1 aliphatic rings. The quantitative estimate of drug-likeness (QED) is 0.927. The highest BCUT2D eigenvalue weighted by Crippen LogP contribution is 2.28. The van der Waals surface area contributed by atoms with Crippen LogP contribution in [0.2, 0.25) is 5.15 Å². The Morgan fingerprint density at radius 3 is 2.39 bits per heavy atom. The maximum absolute atomic E-state index is 11.7. The van der Waals surface area contributed by atoms with E-state index in [1.54, 1.807) is 17.9 Å². The average molecular weight is 335 g/mol. The van der Waals surface area contributed by atoms with E-state index in [2.05, 4.69) is 22.0 Å². The predicted octanol–water partition coefficient (Wildman–Crippen LogP) is 2.02. The van der Waals surface area contributed by atoms with Crippen LogP contribution >= 0.6 is 11.6 Å². The molecule has 0 spiro atoms. The van der Waals surface area contributed by atoms with E-state index < -0.39 is 12.0 Å². The summed E-state index contributed by atoms with van der Waals surface area (Å²) in [4.78, 5) is 20.1. The lowest BCUT2D eigenvalue weighted by Crippen LogP contribution is -2.49. The lowest BCUT2D eigenvalue weighted by molar-refractivity contribution is -0.143. The van der Waals surface area contributed by atoms with Crippen molar-refractivity contribution in [3.8, 4) is 0 Å². The molecule has 1 unspecified atom stereocenters. The number of hydrogen-bond donors (Lipinski definition) is 1. The number of rotatable bonds is 4. The van der Waals surface area contributed by atoms with Gasteiger partial charge in [-0.2, -0.15) is 0 Å². The number of imidazole rings is 1. The Bertz CT molecular complexity index is 681.